The number of carbonyl (C=O) groups is 1. The number of amides is 1. The van der Waals surface area contributed by atoms with E-state index in [4.69, 9.17) is 27.9 Å². The predicted molar refractivity (Wildman–Crippen MR) is 90.9 cm³/mol. The summed E-state index contributed by atoms with van der Waals surface area (Å²) in [7, 11) is 0. The van der Waals surface area contributed by atoms with Gasteiger partial charge < -0.3 is 15.4 Å². The summed E-state index contributed by atoms with van der Waals surface area (Å²) in [5.74, 6) is 0. The van der Waals surface area contributed by atoms with Crippen LogP contribution in [0, 0.1) is 0 Å². The maximum absolute atomic E-state index is 11.8. The van der Waals surface area contributed by atoms with E-state index in [0.717, 1.165) is 24.9 Å². The van der Waals surface area contributed by atoms with Crippen LogP contribution >= 0.6 is 23.2 Å². The van der Waals surface area contributed by atoms with Crippen molar-refractivity contribution in [3.8, 4) is 0 Å². The van der Waals surface area contributed by atoms with E-state index in [2.05, 4.69) is 10.6 Å². The van der Waals surface area contributed by atoms with Crippen LogP contribution in [0.4, 0.5) is 10.5 Å². The lowest BCUT2D eigenvalue weighted by Gasteiger charge is -2.22. The molecular weight excluding hydrogens is 323 g/mol. The molecule has 2 rings (SSSR count). The largest absolute Gasteiger partial charge is 0.444 e. The van der Waals surface area contributed by atoms with Gasteiger partial charge in [0.15, 0.2) is 0 Å². The molecule has 1 saturated carbocycles. The molecule has 1 aliphatic carbocycles. The molecule has 22 heavy (non-hydrogen) atoms. The molecule has 1 aromatic carbocycles. The average Bonchev–Trinajstić information content (AvgIpc) is 2.80. The third-order valence-electron chi connectivity index (χ3n) is 3.46. The number of rotatable bonds is 3. The minimum atomic E-state index is -0.478. The Morgan fingerprint density at radius 2 is 1.91 bits per heavy atom. The Bertz CT molecular complexity index is 543. The van der Waals surface area contributed by atoms with Crippen molar-refractivity contribution in [2.75, 3.05) is 5.32 Å². The molecule has 4 nitrogen and oxygen atoms in total. The summed E-state index contributed by atoms with van der Waals surface area (Å²) in [5, 5.41) is 7.38. The zero-order chi connectivity index (χ0) is 16.3. The predicted octanol–water partition coefficient (Wildman–Crippen LogP) is 4.85. The zero-order valence-corrected chi connectivity index (χ0v) is 14.6. The van der Waals surface area contributed by atoms with Crippen molar-refractivity contribution in [1.82, 2.24) is 5.32 Å². The van der Waals surface area contributed by atoms with Gasteiger partial charge in [-0.25, -0.2) is 4.79 Å². The third-order valence-corrected chi connectivity index (χ3v) is 4.28. The van der Waals surface area contributed by atoms with Crippen LogP contribution in [0.1, 0.15) is 40.0 Å². The second kappa shape index (κ2) is 6.97. The van der Waals surface area contributed by atoms with E-state index in [9.17, 15) is 4.79 Å². The molecule has 0 spiro atoms. The molecule has 0 radical (unpaired) electrons. The number of halogens is 2. The fraction of sp³-hybridized carbons (Fsp3) is 0.562. The van der Waals surface area contributed by atoms with Gasteiger partial charge in [0.25, 0.3) is 0 Å². The van der Waals surface area contributed by atoms with Gasteiger partial charge in [-0.05, 0) is 52.2 Å². The second-order valence-electron chi connectivity index (χ2n) is 6.60. The molecule has 1 aliphatic rings. The molecule has 0 aromatic heterocycles. The molecule has 2 N–H and O–H groups in total. The molecule has 2 atom stereocenters. The number of hydrogen-bond donors (Lipinski definition) is 2. The lowest BCUT2D eigenvalue weighted by atomic mass is 10.2. The highest BCUT2D eigenvalue weighted by atomic mass is 35.5. The second-order valence-corrected chi connectivity index (χ2v) is 7.38. The summed E-state index contributed by atoms with van der Waals surface area (Å²) in [6, 6.07) is 5.91. The normalized spacial score (nSPS) is 21.5. The van der Waals surface area contributed by atoms with Crippen molar-refractivity contribution in [2.45, 2.75) is 57.7 Å². The van der Waals surface area contributed by atoms with Crippen molar-refractivity contribution in [2.24, 2.45) is 0 Å². The Labute approximate surface area is 141 Å². The third kappa shape index (κ3) is 4.96. The van der Waals surface area contributed by atoms with Gasteiger partial charge in [0.2, 0.25) is 0 Å². The van der Waals surface area contributed by atoms with Crippen molar-refractivity contribution in [1.29, 1.82) is 0 Å². The molecule has 1 aromatic rings. The Kier molecular flexibility index (Phi) is 5.45. The van der Waals surface area contributed by atoms with Gasteiger partial charge in [-0.3, -0.25) is 0 Å². The summed E-state index contributed by atoms with van der Waals surface area (Å²) >= 11 is 12.2. The maximum Gasteiger partial charge on any atom is 0.407 e. The van der Waals surface area contributed by atoms with Crippen LogP contribution in [0.15, 0.2) is 18.2 Å². The summed E-state index contributed by atoms with van der Waals surface area (Å²) in [4.78, 5) is 11.8. The Balaban J connectivity index is 1.85. The van der Waals surface area contributed by atoms with E-state index in [1.165, 1.54) is 0 Å². The van der Waals surface area contributed by atoms with Gasteiger partial charge in [-0.1, -0.05) is 29.3 Å². The number of ether oxygens (including phenoxy) is 1. The van der Waals surface area contributed by atoms with Gasteiger partial charge >= 0.3 is 6.09 Å². The molecule has 1 amide bonds. The molecule has 0 bridgehead atoms. The van der Waals surface area contributed by atoms with Crippen molar-refractivity contribution >= 4 is 35.0 Å². The number of anilines is 1. The molecular formula is C16H22Cl2N2O2. The van der Waals surface area contributed by atoms with E-state index in [0.29, 0.717) is 10.0 Å². The number of alkyl carbamates (subject to hydrolysis) is 1. The maximum atomic E-state index is 11.8. The molecule has 0 heterocycles. The molecule has 2 unspecified atom stereocenters. The Hall–Kier alpha value is -1.13. The van der Waals surface area contributed by atoms with Crippen molar-refractivity contribution < 1.29 is 9.53 Å². The monoisotopic (exact) mass is 344 g/mol. The summed E-state index contributed by atoms with van der Waals surface area (Å²) in [6.07, 6.45) is 2.35. The highest BCUT2D eigenvalue weighted by molar-refractivity contribution is 6.43. The average molecular weight is 345 g/mol. The zero-order valence-electron chi connectivity index (χ0n) is 13.1. The SMILES string of the molecule is CC(C)(C)OC(=O)NC1CCC(Nc2cccc(Cl)c2Cl)C1. The lowest BCUT2D eigenvalue weighted by molar-refractivity contribution is 0.0505. The van der Waals surface area contributed by atoms with E-state index >= 15 is 0 Å². The van der Waals surface area contributed by atoms with E-state index < -0.39 is 5.60 Å². The highest BCUT2D eigenvalue weighted by Gasteiger charge is 2.28. The van der Waals surface area contributed by atoms with Gasteiger partial charge in [0.1, 0.15) is 5.60 Å². The van der Waals surface area contributed by atoms with Gasteiger partial charge in [-0.15, -0.1) is 0 Å². The molecule has 6 heteroatoms. The first-order valence-electron chi connectivity index (χ1n) is 7.44. The Morgan fingerprint density at radius 3 is 2.59 bits per heavy atom. The summed E-state index contributed by atoms with van der Waals surface area (Å²) < 4.78 is 5.28. The van der Waals surface area contributed by atoms with Crippen LogP contribution in [-0.4, -0.2) is 23.8 Å². The summed E-state index contributed by atoms with van der Waals surface area (Å²) in [6.45, 7) is 5.56. The fourth-order valence-electron chi connectivity index (χ4n) is 2.55. The van der Waals surface area contributed by atoms with Gasteiger partial charge in [0, 0.05) is 12.1 Å². The van der Waals surface area contributed by atoms with Crippen molar-refractivity contribution in [3.63, 3.8) is 0 Å². The number of benzene rings is 1. The molecule has 1 fully saturated rings. The van der Waals surface area contributed by atoms with E-state index in [1.54, 1.807) is 6.07 Å². The van der Waals surface area contributed by atoms with Crippen LogP contribution in [0.3, 0.4) is 0 Å². The quantitative estimate of drug-likeness (QED) is 0.823. The molecule has 0 aliphatic heterocycles. The van der Waals surface area contributed by atoms with Crippen LogP contribution in [0.5, 0.6) is 0 Å². The van der Waals surface area contributed by atoms with Crippen LogP contribution in [-0.2, 0) is 4.74 Å². The van der Waals surface area contributed by atoms with Gasteiger partial charge in [0.05, 0.1) is 15.7 Å². The van der Waals surface area contributed by atoms with E-state index in [-0.39, 0.29) is 18.2 Å². The standard InChI is InChI=1S/C16H22Cl2N2O2/c1-16(2,3)22-15(21)20-11-8-7-10(9-11)19-13-6-4-5-12(17)14(13)18/h4-6,10-11,19H,7-9H2,1-3H3,(H,20,21). The minimum absolute atomic E-state index is 0.116. The van der Waals surface area contributed by atoms with Gasteiger partial charge in [-0.2, -0.15) is 0 Å². The Morgan fingerprint density at radius 1 is 1.23 bits per heavy atom. The fourth-order valence-corrected chi connectivity index (χ4v) is 2.91. The minimum Gasteiger partial charge on any atom is -0.444 e. The number of carbonyl (C=O) groups excluding carboxylic acids is 1. The molecule has 122 valence electrons. The number of hydrogen-bond acceptors (Lipinski definition) is 3. The topological polar surface area (TPSA) is 50.4 Å². The highest BCUT2D eigenvalue weighted by Crippen LogP contribution is 2.32. The van der Waals surface area contributed by atoms with Crippen molar-refractivity contribution in [3.05, 3.63) is 28.2 Å². The van der Waals surface area contributed by atoms with Crippen LogP contribution in [0.2, 0.25) is 10.0 Å². The van der Waals surface area contributed by atoms with E-state index in [1.807, 2.05) is 32.9 Å². The first-order valence-corrected chi connectivity index (χ1v) is 8.20. The van der Waals surface area contributed by atoms with Crippen LogP contribution in [0.25, 0.3) is 0 Å². The lowest BCUT2D eigenvalue weighted by Crippen LogP contribution is -2.38. The summed E-state index contributed by atoms with van der Waals surface area (Å²) in [5.41, 5.74) is 0.353. The molecule has 0 saturated heterocycles. The number of nitrogens with one attached hydrogen (secondary N) is 2. The first kappa shape index (κ1) is 17.2. The first-order chi connectivity index (χ1) is 10.2. The smallest absolute Gasteiger partial charge is 0.407 e. The van der Waals surface area contributed by atoms with Crippen LogP contribution < -0.4 is 10.6 Å².